The lowest BCUT2D eigenvalue weighted by atomic mass is 10.1. The van der Waals surface area contributed by atoms with Crippen molar-refractivity contribution in [2.75, 3.05) is 52.4 Å². The molecule has 1 fully saturated rings. The summed E-state index contributed by atoms with van der Waals surface area (Å²) in [7, 11) is 4.57. The van der Waals surface area contributed by atoms with E-state index in [1.165, 1.54) is 32.1 Å². The number of aryl methyl sites for hydroxylation is 2. The molecule has 3 aromatic rings. The maximum atomic E-state index is 13.2. The van der Waals surface area contributed by atoms with Crippen LogP contribution in [0.2, 0.25) is 0 Å². The van der Waals surface area contributed by atoms with Crippen molar-refractivity contribution in [3.63, 3.8) is 0 Å². The molecule has 35 heavy (non-hydrogen) atoms. The first-order chi connectivity index (χ1) is 16.9. The minimum atomic E-state index is -0.187. The predicted octanol–water partition coefficient (Wildman–Crippen LogP) is 2.84. The third-order valence-electron chi connectivity index (χ3n) is 6.32. The average Bonchev–Trinajstić information content (AvgIpc) is 2.89. The highest BCUT2D eigenvalue weighted by atomic mass is 16.5. The molecule has 4 rings (SSSR count). The van der Waals surface area contributed by atoms with Crippen LogP contribution in [0, 0.1) is 13.8 Å². The fourth-order valence-electron chi connectivity index (χ4n) is 4.14. The molecule has 0 unspecified atom stereocenters. The van der Waals surface area contributed by atoms with Gasteiger partial charge < -0.3 is 24.0 Å². The van der Waals surface area contributed by atoms with Crippen LogP contribution < -0.4 is 24.7 Å². The molecule has 2 aromatic carbocycles. The highest BCUT2D eigenvalue weighted by molar-refractivity contribution is 5.95. The smallest absolute Gasteiger partial charge is 0.271 e. The summed E-state index contributed by atoms with van der Waals surface area (Å²) < 4.78 is 17.5. The van der Waals surface area contributed by atoms with E-state index in [0.717, 1.165) is 16.8 Å². The molecule has 1 saturated heterocycles. The van der Waals surface area contributed by atoms with Crippen molar-refractivity contribution in [2.24, 2.45) is 0 Å². The van der Waals surface area contributed by atoms with Gasteiger partial charge in [-0.05, 0) is 55.3 Å². The number of aromatic nitrogens is 2. The molecular formula is C26H30N4O5. The highest BCUT2D eigenvalue weighted by Crippen LogP contribution is 2.38. The number of hydrogen-bond acceptors (Lipinski definition) is 7. The van der Waals surface area contributed by atoms with E-state index in [1.54, 1.807) is 23.1 Å². The number of methoxy groups -OCH3 is 3. The number of carbonyl (C=O) groups excluding carboxylic acids is 1. The van der Waals surface area contributed by atoms with Gasteiger partial charge in [-0.3, -0.25) is 9.59 Å². The fourth-order valence-corrected chi connectivity index (χ4v) is 4.14. The van der Waals surface area contributed by atoms with Crippen LogP contribution in [0.5, 0.6) is 17.2 Å². The van der Waals surface area contributed by atoms with Crippen molar-refractivity contribution < 1.29 is 19.0 Å². The standard InChI is InChI=1S/C26H30N4O5/c1-17-6-7-20(14-18(17)2)30-24(31)9-8-23(27-30)28-10-12-29(13-11-28)26(32)19-15-21(33-3)25(35-5)22(16-19)34-4/h6-9,14-16H,10-13H2,1-5H3. The van der Waals surface area contributed by atoms with Gasteiger partial charge in [-0.1, -0.05) is 6.07 Å². The number of ether oxygens (including phenoxy) is 3. The zero-order valence-electron chi connectivity index (χ0n) is 20.7. The number of benzene rings is 2. The van der Waals surface area contributed by atoms with Gasteiger partial charge in [0.05, 0.1) is 27.0 Å². The maximum absolute atomic E-state index is 13.2. The van der Waals surface area contributed by atoms with Crippen LogP contribution in [-0.4, -0.2) is 68.1 Å². The predicted molar refractivity (Wildman–Crippen MR) is 134 cm³/mol. The maximum Gasteiger partial charge on any atom is 0.271 e. The Hall–Kier alpha value is -4.01. The van der Waals surface area contributed by atoms with E-state index < -0.39 is 0 Å². The molecule has 0 bridgehead atoms. The molecular weight excluding hydrogens is 448 g/mol. The molecule has 1 amide bonds. The van der Waals surface area contributed by atoms with E-state index >= 15 is 0 Å². The zero-order chi connectivity index (χ0) is 25.1. The molecule has 2 heterocycles. The average molecular weight is 479 g/mol. The zero-order valence-corrected chi connectivity index (χ0v) is 20.7. The summed E-state index contributed by atoms with van der Waals surface area (Å²) in [5, 5.41) is 4.61. The Morgan fingerprint density at radius 3 is 2.06 bits per heavy atom. The van der Waals surface area contributed by atoms with E-state index in [0.29, 0.717) is 54.8 Å². The molecule has 1 aliphatic rings. The molecule has 184 valence electrons. The Morgan fingerprint density at radius 1 is 0.829 bits per heavy atom. The summed E-state index contributed by atoms with van der Waals surface area (Å²) >= 11 is 0. The Bertz CT molecular complexity index is 1270. The van der Waals surface area contributed by atoms with Gasteiger partial charge in [-0.25, -0.2) is 0 Å². The lowest BCUT2D eigenvalue weighted by Gasteiger charge is -2.35. The second-order valence-electron chi connectivity index (χ2n) is 8.40. The first-order valence-corrected chi connectivity index (χ1v) is 11.4. The van der Waals surface area contributed by atoms with Gasteiger partial charge in [-0.15, -0.1) is 5.10 Å². The van der Waals surface area contributed by atoms with Crippen molar-refractivity contribution >= 4 is 11.7 Å². The second-order valence-corrected chi connectivity index (χ2v) is 8.40. The number of nitrogens with zero attached hydrogens (tertiary/aromatic N) is 4. The first kappa shape index (κ1) is 24.1. The third kappa shape index (κ3) is 4.80. The van der Waals surface area contributed by atoms with E-state index in [-0.39, 0.29) is 11.5 Å². The minimum absolute atomic E-state index is 0.114. The lowest BCUT2D eigenvalue weighted by Crippen LogP contribution is -2.49. The van der Waals surface area contributed by atoms with Gasteiger partial charge in [-0.2, -0.15) is 4.68 Å². The minimum Gasteiger partial charge on any atom is -0.493 e. The number of anilines is 1. The van der Waals surface area contributed by atoms with E-state index in [9.17, 15) is 9.59 Å². The summed E-state index contributed by atoms with van der Waals surface area (Å²) in [5.41, 5.74) is 3.27. The summed E-state index contributed by atoms with van der Waals surface area (Å²) in [6.07, 6.45) is 0. The lowest BCUT2D eigenvalue weighted by molar-refractivity contribution is 0.0745. The summed E-state index contributed by atoms with van der Waals surface area (Å²) in [6, 6.07) is 12.4. The van der Waals surface area contributed by atoms with Gasteiger partial charge in [0.1, 0.15) is 5.82 Å². The molecule has 0 aliphatic carbocycles. The van der Waals surface area contributed by atoms with Crippen molar-refractivity contribution in [1.82, 2.24) is 14.7 Å². The Kier molecular flexibility index (Phi) is 6.95. The summed E-state index contributed by atoms with van der Waals surface area (Å²) in [5.74, 6) is 1.90. The van der Waals surface area contributed by atoms with Crippen LogP contribution in [0.25, 0.3) is 5.69 Å². The second kappa shape index (κ2) is 10.1. The molecule has 0 spiro atoms. The van der Waals surface area contributed by atoms with E-state index in [1.807, 2.05) is 32.0 Å². The molecule has 1 aromatic heterocycles. The molecule has 0 atom stereocenters. The monoisotopic (exact) mass is 478 g/mol. The van der Waals surface area contributed by atoms with Crippen molar-refractivity contribution in [1.29, 1.82) is 0 Å². The molecule has 1 aliphatic heterocycles. The van der Waals surface area contributed by atoms with Gasteiger partial charge in [0, 0.05) is 37.8 Å². The fraction of sp³-hybridized carbons (Fsp3) is 0.346. The highest BCUT2D eigenvalue weighted by Gasteiger charge is 2.25. The van der Waals surface area contributed by atoms with Crippen molar-refractivity contribution in [3.05, 3.63) is 69.5 Å². The molecule has 9 nitrogen and oxygen atoms in total. The quantitative estimate of drug-likeness (QED) is 0.539. The van der Waals surface area contributed by atoms with Crippen molar-refractivity contribution in [3.8, 4) is 22.9 Å². The Labute approximate surface area is 204 Å². The first-order valence-electron chi connectivity index (χ1n) is 11.4. The van der Waals surface area contributed by atoms with Gasteiger partial charge >= 0.3 is 0 Å². The Balaban J connectivity index is 1.51. The topological polar surface area (TPSA) is 86.1 Å². The number of hydrogen-bond donors (Lipinski definition) is 0. The molecule has 0 radical (unpaired) electrons. The van der Waals surface area contributed by atoms with Crippen LogP contribution in [-0.2, 0) is 0 Å². The van der Waals surface area contributed by atoms with Crippen LogP contribution in [0.1, 0.15) is 21.5 Å². The summed E-state index contributed by atoms with van der Waals surface area (Å²) in [4.78, 5) is 29.6. The van der Waals surface area contributed by atoms with Crippen LogP contribution in [0.15, 0.2) is 47.3 Å². The van der Waals surface area contributed by atoms with Crippen LogP contribution >= 0.6 is 0 Å². The number of piperazine rings is 1. The normalized spacial score (nSPS) is 13.5. The van der Waals surface area contributed by atoms with Crippen molar-refractivity contribution in [2.45, 2.75) is 13.8 Å². The van der Waals surface area contributed by atoms with E-state index in [2.05, 4.69) is 10.00 Å². The van der Waals surface area contributed by atoms with E-state index in [4.69, 9.17) is 14.2 Å². The van der Waals surface area contributed by atoms with Crippen LogP contribution in [0.4, 0.5) is 5.82 Å². The number of amides is 1. The molecule has 0 N–H and O–H groups in total. The van der Waals surface area contributed by atoms with Gasteiger partial charge in [0.15, 0.2) is 11.5 Å². The molecule has 0 saturated carbocycles. The van der Waals surface area contributed by atoms with Gasteiger partial charge in [0.25, 0.3) is 11.5 Å². The van der Waals surface area contributed by atoms with Gasteiger partial charge in [0.2, 0.25) is 5.75 Å². The third-order valence-corrected chi connectivity index (χ3v) is 6.32. The number of carbonyl (C=O) groups is 1. The Morgan fingerprint density at radius 2 is 1.49 bits per heavy atom. The molecule has 9 heteroatoms. The van der Waals surface area contributed by atoms with Crippen LogP contribution in [0.3, 0.4) is 0 Å². The SMILES string of the molecule is COc1cc(C(=O)N2CCN(c3ccc(=O)n(-c4ccc(C)c(C)c4)n3)CC2)cc(OC)c1OC. The summed E-state index contributed by atoms with van der Waals surface area (Å²) in [6.45, 7) is 6.25. The number of rotatable bonds is 6. The largest absolute Gasteiger partial charge is 0.493 e.